The van der Waals surface area contributed by atoms with Crippen molar-refractivity contribution in [3.8, 4) is 11.1 Å². The Morgan fingerprint density at radius 2 is 1.81 bits per heavy atom. The number of alkyl halides is 3. The first-order chi connectivity index (χ1) is 14.5. The Hall–Kier alpha value is -3.76. The fraction of sp³-hybridized carbons (Fsp3) is 0.250. The van der Waals surface area contributed by atoms with Crippen LogP contribution >= 0.6 is 0 Å². The highest BCUT2D eigenvalue weighted by atomic mass is 19.4. The van der Waals surface area contributed by atoms with Crippen molar-refractivity contribution in [2.45, 2.75) is 26.1 Å². The van der Waals surface area contributed by atoms with E-state index in [1.807, 2.05) is 13.0 Å². The number of hydrogen-bond donors (Lipinski definition) is 2. The third-order valence-electron chi connectivity index (χ3n) is 4.50. The number of likely N-dealkylation sites (N-methyl/N-ethyl adjacent to an activating group) is 1. The number of rotatable bonds is 6. The van der Waals surface area contributed by atoms with Gasteiger partial charge in [-0.2, -0.15) is 13.2 Å². The van der Waals surface area contributed by atoms with Crippen molar-refractivity contribution >= 4 is 23.6 Å². The van der Waals surface area contributed by atoms with Crippen LogP contribution in [-0.2, 0) is 11.0 Å². The largest absolute Gasteiger partial charge is 0.480 e. The van der Waals surface area contributed by atoms with Gasteiger partial charge < -0.3 is 15.3 Å². The van der Waals surface area contributed by atoms with E-state index in [2.05, 4.69) is 25.3 Å². The third kappa shape index (κ3) is 5.24. The zero-order valence-electron chi connectivity index (χ0n) is 16.8. The first kappa shape index (κ1) is 21.9. The molecule has 2 aromatic heterocycles. The Bertz CT molecular complexity index is 1090. The molecule has 11 heteroatoms. The molecule has 1 aromatic carbocycles. The lowest BCUT2D eigenvalue weighted by Gasteiger charge is -2.21. The molecule has 162 valence electrons. The average Bonchev–Trinajstić information content (AvgIpc) is 2.72. The van der Waals surface area contributed by atoms with E-state index in [0.717, 1.165) is 23.4 Å². The van der Waals surface area contributed by atoms with Gasteiger partial charge in [-0.1, -0.05) is 6.07 Å². The number of carboxylic acids is 1. The summed E-state index contributed by atoms with van der Waals surface area (Å²) in [7, 11) is 1.58. The molecule has 1 atom stereocenters. The second kappa shape index (κ2) is 8.54. The Balaban J connectivity index is 1.85. The predicted molar refractivity (Wildman–Crippen MR) is 108 cm³/mol. The summed E-state index contributed by atoms with van der Waals surface area (Å²) < 4.78 is 38.6. The first-order valence-electron chi connectivity index (χ1n) is 9.11. The van der Waals surface area contributed by atoms with E-state index < -0.39 is 23.9 Å². The van der Waals surface area contributed by atoms with Crippen LogP contribution in [0.15, 0.2) is 42.9 Å². The minimum absolute atomic E-state index is 0.178. The molecule has 8 nitrogen and oxygen atoms in total. The van der Waals surface area contributed by atoms with Gasteiger partial charge in [-0.05, 0) is 43.2 Å². The maximum Gasteiger partial charge on any atom is 0.433 e. The molecule has 0 aliphatic rings. The molecule has 0 aliphatic heterocycles. The quantitative estimate of drug-likeness (QED) is 0.604. The molecule has 0 saturated heterocycles. The summed E-state index contributed by atoms with van der Waals surface area (Å²) in [5.41, 5.74) is 1.66. The van der Waals surface area contributed by atoms with E-state index in [1.54, 1.807) is 31.6 Å². The number of aliphatic carboxylic acids is 1. The van der Waals surface area contributed by atoms with Crippen molar-refractivity contribution in [1.29, 1.82) is 0 Å². The van der Waals surface area contributed by atoms with Crippen molar-refractivity contribution in [2.75, 3.05) is 17.3 Å². The van der Waals surface area contributed by atoms with Crippen LogP contribution in [0.25, 0.3) is 11.1 Å². The van der Waals surface area contributed by atoms with Gasteiger partial charge in [0.2, 0.25) is 11.9 Å². The number of nitrogens with one attached hydrogen (secondary N) is 1. The number of carboxylic acid groups (broad SMARTS) is 1. The predicted octanol–water partition coefficient (Wildman–Crippen LogP) is 3.91. The molecular formula is C20H19F3N6O2. The molecule has 0 spiro atoms. The summed E-state index contributed by atoms with van der Waals surface area (Å²) in [6.07, 6.45) is -0.434. The highest BCUT2D eigenvalue weighted by Crippen LogP contribution is 2.29. The van der Waals surface area contributed by atoms with E-state index in [4.69, 9.17) is 5.11 Å². The second-order valence-corrected chi connectivity index (χ2v) is 6.87. The molecule has 0 saturated carbocycles. The normalized spacial score (nSPS) is 12.3. The van der Waals surface area contributed by atoms with Crippen LogP contribution in [0.1, 0.15) is 18.2 Å². The van der Waals surface area contributed by atoms with Crippen LogP contribution in [-0.4, -0.2) is 44.1 Å². The number of nitrogens with zero attached hydrogens (tertiary/aromatic N) is 5. The molecule has 31 heavy (non-hydrogen) atoms. The maximum atomic E-state index is 12.9. The SMILES string of the molecule is Cc1cc(Nc2nccc(C(F)(F)F)n2)cc(-c2cnc(N(C)[C@@H](C)C(=O)O)nc2)c1. The molecule has 0 radical (unpaired) electrons. The Morgan fingerprint density at radius 1 is 1.13 bits per heavy atom. The van der Waals surface area contributed by atoms with Crippen LogP contribution in [0.4, 0.5) is 30.8 Å². The summed E-state index contributed by atoms with van der Waals surface area (Å²) in [6, 6.07) is 5.31. The van der Waals surface area contributed by atoms with E-state index in [0.29, 0.717) is 11.3 Å². The van der Waals surface area contributed by atoms with Crippen LogP contribution in [0.5, 0.6) is 0 Å². The summed E-state index contributed by atoms with van der Waals surface area (Å²) in [5.74, 6) is -0.925. The zero-order chi connectivity index (χ0) is 22.8. The van der Waals surface area contributed by atoms with Gasteiger partial charge in [-0.25, -0.2) is 24.7 Å². The van der Waals surface area contributed by atoms with E-state index in [-0.39, 0.29) is 11.9 Å². The standard InChI is InChI=1S/C20H19F3N6O2/c1-11-6-13(14-9-25-19(26-10-14)29(3)12(2)17(30)31)8-15(7-11)27-18-24-5-4-16(28-18)20(21,22)23/h4-10,12H,1-3H3,(H,30,31)(H,24,27,28)/t12-/m0/s1. The number of benzene rings is 1. The number of aromatic nitrogens is 4. The van der Waals surface area contributed by atoms with Crippen LogP contribution < -0.4 is 10.2 Å². The van der Waals surface area contributed by atoms with E-state index >= 15 is 0 Å². The molecule has 0 aliphatic carbocycles. The molecule has 0 unspecified atom stereocenters. The highest BCUT2D eigenvalue weighted by Gasteiger charge is 2.32. The van der Waals surface area contributed by atoms with Crippen molar-refractivity contribution in [2.24, 2.45) is 0 Å². The van der Waals surface area contributed by atoms with Crippen molar-refractivity contribution in [1.82, 2.24) is 19.9 Å². The number of aryl methyl sites for hydroxylation is 1. The Morgan fingerprint density at radius 3 is 2.42 bits per heavy atom. The monoisotopic (exact) mass is 432 g/mol. The fourth-order valence-corrected chi connectivity index (χ4v) is 2.72. The summed E-state index contributed by atoms with van der Waals surface area (Å²) in [4.78, 5) is 28.4. The van der Waals surface area contributed by atoms with Crippen molar-refractivity contribution in [3.63, 3.8) is 0 Å². The molecule has 0 bridgehead atoms. The fourth-order valence-electron chi connectivity index (χ4n) is 2.72. The number of anilines is 3. The van der Waals surface area contributed by atoms with Gasteiger partial charge in [0.1, 0.15) is 11.7 Å². The van der Waals surface area contributed by atoms with Gasteiger partial charge in [0.05, 0.1) is 0 Å². The number of carbonyl (C=O) groups is 1. The van der Waals surface area contributed by atoms with E-state index in [9.17, 15) is 18.0 Å². The van der Waals surface area contributed by atoms with Crippen molar-refractivity contribution in [3.05, 3.63) is 54.1 Å². The zero-order valence-corrected chi connectivity index (χ0v) is 16.8. The smallest absolute Gasteiger partial charge is 0.433 e. The van der Waals surface area contributed by atoms with Crippen LogP contribution in [0, 0.1) is 6.92 Å². The van der Waals surface area contributed by atoms with Gasteiger partial charge in [0.25, 0.3) is 0 Å². The lowest BCUT2D eigenvalue weighted by molar-refractivity contribution is -0.141. The van der Waals surface area contributed by atoms with Gasteiger partial charge in [-0.15, -0.1) is 0 Å². The van der Waals surface area contributed by atoms with E-state index in [1.165, 1.54) is 11.8 Å². The summed E-state index contributed by atoms with van der Waals surface area (Å²) in [6.45, 7) is 3.35. The molecule has 0 amide bonds. The van der Waals surface area contributed by atoms with Gasteiger partial charge in [0.15, 0.2) is 0 Å². The lowest BCUT2D eigenvalue weighted by Crippen LogP contribution is -2.36. The maximum absolute atomic E-state index is 12.9. The second-order valence-electron chi connectivity index (χ2n) is 6.87. The number of hydrogen-bond acceptors (Lipinski definition) is 7. The van der Waals surface area contributed by atoms with Crippen LogP contribution in [0.3, 0.4) is 0 Å². The third-order valence-corrected chi connectivity index (χ3v) is 4.50. The number of halogens is 3. The Labute approximate surface area is 175 Å². The average molecular weight is 432 g/mol. The Kier molecular flexibility index (Phi) is 6.04. The molecule has 2 heterocycles. The topological polar surface area (TPSA) is 104 Å². The van der Waals surface area contributed by atoms with Gasteiger partial charge >= 0.3 is 12.1 Å². The van der Waals surface area contributed by atoms with Gasteiger partial charge in [-0.3, -0.25) is 0 Å². The minimum atomic E-state index is -4.57. The highest BCUT2D eigenvalue weighted by molar-refractivity contribution is 5.76. The summed E-state index contributed by atoms with van der Waals surface area (Å²) in [5, 5.41) is 11.9. The lowest BCUT2D eigenvalue weighted by atomic mass is 10.1. The molecule has 3 aromatic rings. The first-order valence-corrected chi connectivity index (χ1v) is 9.11. The molecule has 2 N–H and O–H groups in total. The van der Waals surface area contributed by atoms with Crippen molar-refractivity contribution < 1.29 is 23.1 Å². The summed E-state index contributed by atoms with van der Waals surface area (Å²) >= 11 is 0. The molecular weight excluding hydrogens is 413 g/mol. The molecule has 3 rings (SSSR count). The van der Waals surface area contributed by atoms with Crippen LogP contribution in [0.2, 0.25) is 0 Å². The minimum Gasteiger partial charge on any atom is -0.480 e. The molecule has 0 fully saturated rings. The van der Waals surface area contributed by atoms with Gasteiger partial charge in [0, 0.05) is 36.9 Å².